The highest BCUT2D eigenvalue weighted by Crippen LogP contribution is 2.24. The molecule has 0 aliphatic carbocycles. The van der Waals surface area contributed by atoms with Gasteiger partial charge in [0.1, 0.15) is 18.5 Å². The second-order valence-electron chi connectivity index (χ2n) is 6.92. The maximum Gasteiger partial charge on any atom is 0.253 e. The number of rotatable bonds is 4. The van der Waals surface area contributed by atoms with E-state index in [0.717, 1.165) is 5.69 Å². The van der Waals surface area contributed by atoms with Crippen LogP contribution in [0.1, 0.15) is 23.2 Å². The lowest BCUT2D eigenvalue weighted by Gasteiger charge is -2.31. The molecule has 1 aromatic heterocycles. The zero-order valence-electron chi connectivity index (χ0n) is 15.7. The molecule has 1 fully saturated rings. The molecule has 148 valence electrons. The molecule has 0 atom stereocenters. The Kier molecular flexibility index (Phi) is 5.33. The molecule has 1 N–H and O–H groups in total. The van der Waals surface area contributed by atoms with Crippen molar-refractivity contribution in [2.45, 2.75) is 12.8 Å². The van der Waals surface area contributed by atoms with Gasteiger partial charge in [-0.05, 0) is 49.2 Å². The molecule has 1 aliphatic rings. The summed E-state index contributed by atoms with van der Waals surface area (Å²) in [5.41, 5.74) is 1.85. The van der Waals surface area contributed by atoms with Crippen molar-refractivity contribution in [2.24, 2.45) is 5.92 Å². The Hall–Kier alpha value is -3.55. The molecule has 1 saturated heterocycles. The smallest absolute Gasteiger partial charge is 0.253 e. The van der Waals surface area contributed by atoms with Crippen molar-refractivity contribution < 1.29 is 14.0 Å². The Morgan fingerprint density at radius 2 is 1.76 bits per heavy atom. The highest BCUT2D eigenvalue weighted by Gasteiger charge is 2.28. The number of para-hydroxylation sites is 2. The fraction of sp³-hybridized carbons (Fsp3) is 0.238. The van der Waals surface area contributed by atoms with Crippen LogP contribution in [0.3, 0.4) is 0 Å². The first-order valence-electron chi connectivity index (χ1n) is 9.41. The molecule has 1 aliphatic heterocycles. The summed E-state index contributed by atoms with van der Waals surface area (Å²) < 4.78 is 14.6. The van der Waals surface area contributed by atoms with Crippen LogP contribution in [0.15, 0.2) is 61.2 Å². The van der Waals surface area contributed by atoms with E-state index in [-0.39, 0.29) is 23.5 Å². The number of nitrogens with zero attached hydrogens (tertiary/aromatic N) is 4. The van der Waals surface area contributed by atoms with E-state index in [1.54, 1.807) is 15.9 Å². The van der Waals surface area contributed by atoms with Crippen molar-refractivity contribution in [1.29, 1.82) is 0 Å². The predicted octanol–water partition coefficient (Wildman–Crippen LogP) is 2.90. The predicted molar refractivity (Wildman–Crippen MR) is 105 cm³/mol. The summed E-state index contributed by atoms with van der Waals surface area (Å²) in [4.78, 5) is 31.0. The van der Waals surface area contributed by atoms with Gasteiger partial charge in [0.25, 0.3) is 5.91 Å². The minimum absolute atomic E-state index is 0.0774. The van der Waals surface area contributed by atoms with Gasteiger partial charge in [0.15, 0.2) is 0 Å². The maximum absolute atomic E-state index is 13.1. The lowest BCUT2D eigenvalue weighted by molar-refractivity contribution is -0.121. The Bertz CT molecular complexity index is 996. The fourth-order valence-electron chi connectivity index (χ4n) is 3.47. The lowest BCUT2D eigenvalue weighted by Crippen LogP contribution is -2.41. The highest BCUT2D eigenvalue weighted by molar-refractivity contribution is 5.96. The summed E-state index contributed by atoms with van der Waals surface area (Å²) in [6.45, 7) is 0.970. The molecule has 2 amide bonds. The average Bonchev–Trinajstić information content (AvgIpc) is 3.29. The first-order valence-corrected chi connectivity index (χ1v) is 9.41. The van der Waals surface area contributed by atoms with Crippen LogP contribution in [-0.2, 0) is 4.79 Å². The van der Waals surface area contributed by atoms with E-state index < -0.39 is 0 Å². The third-order valence-corrected chi connectivity index (χ3v) is 5.07. The van der Waals surface area contributed by atoms with Crippen molar-refractivity contribution in [3.05, 3.63) is 72.6 Å². The molecule has 2 aromatic carbocycles. The molecule has 2 heterocycles. The number of aromatic nitrogens is 3. The molecule has 0 saturated carbocycles. The topological polar surface area (TPSA) is 80.1 Å². The number of halogens is 1. The maximum atomic E-state index is 13.1. The van der Waals surface area contributed by atoms with Gasteiger partial charge in [-0.15, -0.1) is 0 Å². The van der Waals surface area contributed by atoms with Gasteiger partial charge >= 0.3 is 0 Å². The summed E-state index contributed by atoms with van der Waals surface area (Å²) in [6.07, 6.45) is 4.16. The number of nitrogens with one attached hydrogen (secondary N) is 1. The summed E-state index contributed by atoms with van der Waals surface area (Å²) in [5.74, 6) is -0.772. The van der Waals surface area contributed by atoms with E-state index in [1.165, 1.54) is 30.6 Å². The van der Waals surface area contributed by atoms with E-state index in [1.807, 2.05) is 24.3 Å². The number of anilines is 1. The summed E-state index contributed by atoms with van der Waals surface area (Å²) >= 11 is 0. The number of hydrogen-bond donors (Lipinski definition) is 1. The molecular formula is C21H20FN5O2. The van der Waals surface area contributed by atoms with Crippen molar-refractivity contribution in [2.75, 3.05) is 18.4 Å². The molecule has 7 nitrogen and oxygen atoms in total. The molecule has 0 radical (unpaired) electrons. The molecular weight excluding hydrogens is 373 g/mol. The van der Waals surface area contributed by atoms with Gasteiger partial charge in [-0.3, -0.25) is 9.59 Å². The van der Waals surface area contributed by atoms with Crippen LogP contribution < -0.4 is 5.32 Å². The Morgan fingerprint density at radius 1 is 1.03 bits per heavy atom. The largest absolute Gasteiger partial charge is 0.339 e. The van der Waals surface area contributed by atoms with Gasteiger partial charge in [0, 0.05) is 24.6 Å². The van der Waals surface area contributed by atoms with Crippen LogP contribution in [0.4, 0.5) is 10.1 Å². The average molecular weight is 393 g/mol. The van der Waals surface area contributed by atoms with E-state index in [0.29, 0.717) is 37.2 Å². The number of likely N-dealkylation sites (tertiary alicyclic amines) is 1. The lowest BCUT2D eigenvalue weighted by atomic mass is 9.95. The van der Waals surface area contributed by atoms with Gasteiger partial charge in [-0.1, -0.05) is 12.1 Å². The van der Waals surface area contributed by atoms with Crippen LogP contribution in [0.5, 0.6) is 0 Å². The van der Waals surface area contributed by atoms with Gasteiger partial charge in [0.05, 0.1) is 11.4 Å². The summed E-state index contributed by atoms with van der Waals surface area (Å²) in [7, 11) is 0. The molecule has 8 heteroatoms. The first-order chi connectivity index (χ1) is 14.1. The van der Waals surface area contributed by atoms with Gasteiger partial charge in [-0.25, -0.2) is 14.1 Å². The number of carbonyl (C=O) groups excluding carboxylic acids is 2. The molecule has 4 rings (SSSR count). The summed E-state index contributed by atoms with van der Waals surface area (Å²) in [6, 6.07) is 12.9. The van der Waals surface area contributed by atoms with Crippen LogP contribution in [-0.4, -0.2) is 44.6 Å². The van der Waals surface area contributed by atoms with E-state index in [4.69, 9.17) is 0 Å². The van der Waals surface area contributed by atoms with Crippen molar-refractivity contribution in [3.63, 3.8) is 0 Å². The van der Waals surface area contributed by atoms with E-state index in [9.17, 15) is 14.0 Å². The number of hydrogen-bond acceptors (Lipinski definition) is 4. The summed E-state index contributed by atoms with van der Waals surface area (Å²) in [5, 5.41) is 7.09. The monoisotopic (exact) mass is 393 g/mol. The molecule has 0 unspecified atom stereocenters. The minimum atomic E-state index is -0.372. The number of carbonyl (C=O) groups is 2. The van der Waals surface area contributed by atoms with Crippen molar-refractivity contribution >= 4 is 17.5 Å². The zero-order chi connectivity index (χ0) is 20.2. The normalized spacial score (nSPS) is 14.6. The number of benzene rings is 2. The molecule has 29 heavy (non-hydrogen) atoms. The van der Waals surface area contributed by atoms with Gasteiger partial charge in [0.2, 0.25) is 5.91 Å². The Morgan fingerprint density at radius 3 is 2.45 bits per heavy atom. The van der Waals surface area contributed by atoms with Gasteiger partial charge in [-0.2, -0.15) is 5.10 Å². The molecule has 0 spiro atoms. The second-order valence-corrected chi connectivity index (χ2v) is 6.92. The van der Waals surface area contributed by atoms with Crippen LogP contribution in [0.25, 0.3) is 5.69 Å². The Labute approximate surface area is 167 Å². The van der Waals surface area contributed by atoms with E-state index >= 15 is 0 Å². The minimum Gasteiger partial charge on any atom is -0.339 e. The SMILES string of the molecule is O=C(Nc1ccccc1-n1cncn1)C1CCN(C(=O)c2ccc(F)cc2)CC1. The molecule has 3 aromatic rings. The third kappa shape index (κ3) is 4.16. The van der Waals surface area contributed by atoms with Crippen LogP contribution in [0, 0.1) is 11.7 Å². The highest BCUT2D eigenvalue weighted by atomic mass is 19.1. The number of piperidine rings is 1. The third-order valence-electron chi connectivity index (χ3n) is 5.07. The van der Waals surface area contributed by atoms with Crippen LogP contribution >= 0.6 is 0 Å². The van der Waals surface area contributed by atoms with Crippen molar-refractivity contribution in [3.8, 4) is 5.69 Å². The Balaban J connectivity index is 1.38. The standard InChI is InChI=1S/C21H20FN5O2/c22-17-7-5-16(6-8-17)21(29)26-11-9-15(10-12-26)20(28)25-18-3-1-2-4-19(18)27-14-23-13-24-27/h1-8,13-15H,9-12H2,(H,25,28). The second kappa shape index (κ2) is 8.22. The quantitative estimate of drug-likeness (QED) is 0.739. The fourth-order valence-corrected chi connectivity index (χ4v) is 3.47. The first kappa shape index (κ1) is 18.8. The zero-order valence-corrected chi connectivity index (χ0v) is 15.7. The van der Waals surface area contributed by atoms with E-state index in [2.05, 4.69) is 15.4 Å². The van der Waals surface area contributed by atoms with Crippen molar-refractivity contribution in [1.82, 2.24) is 19.7 Å². The number of amides is 2. The van der Waals surface area contributed by atoms with Gasteiger partial charge < -0.3 is 10.2 Å². The van der Waals surface area contributed by atoms with Crippen LogP contribution in [0.2, 0.25) is 0 Å². The molecule has 0 bridgehead atoms.